The number of rotatable bonds is 4. The second-order valence-corrected chi connectivity index (χ2v) is 8.91. The monoisotopic (exact) mass is 404 g/mol. The highest BCUT2D eigenvalue weighted by Gasteiger charge is 2.48. The molecule has 7 heteroatoms. The Morgan fingerprint density at radius 2 is 1.86 bits per heavy atom. The van der Waals surface area contributed by atoms with Crippen molar-refractivity contribution in [2.75, 3.05) is 26.2 Å². The number of hydrogen-bond acceptors (Lipinski definition) is 5. The van der Waals surface area contributed by atoms with E-state index in [2.05, 4.69) is 0 Å². The molecule has 2 aliphatic heterocycles. The van der Waals surface area contributed by atoms with E-state index < -0.39 is 5.60 Å². The number of ether oxygens (including phenoxy) is 2. The molecule has 0 radical (unpaired) electrons. The minimum atomic E-state index is -0.579. The average molecular weight is 405 g/mol. The number of nitrogens with zero attached hydrogens (tertiary/aromatic N) is 2. The molecule has 1 aromatic carbocycles. The van der Waals surface area contributed by atoms with Gasteiger partial charge in [0, 0.05) is 26.2 Å². The number of benzene rings is 1. The van der Waals surface area contributed by atoms with Crippen molar-refractivity contribution in [1.82, 2.24) is 9.80 Å². The molecule has 3 unspecified atom stereocenters. The number of aliphatic hydroxyl groups is 1. The predicted octanol–water partition coefficient (Wildman–Crippen LogP) is 3.26. The largest absolute Gasteiger partial charge is 0.445 e. The van der Waals surface area contributed by atoms with Crippen molar-refractivity contribution < 1.29 is 24.2 Å². The van der Waals surface area contributed by atoms with Crippen LogP contribution < -0.4 is 0 Å². The molecule has 0 aromatic heterocycles. The lowest BCUT2D eigenvalue weighted by atomic mass is 9.83. The van der Waals surface area contributed by atoms with Crippen molar-refractivity contribution in [3.05, 3.63) is 35.9 Å². The fraction of sp³-hybridized carbons (Fsp3) is 0.636. The first-order valence-electron chi connectivity index (χ1n) is 10.3. The van der Waals surface area contributed by atoms with Crippen molar-refractivity contribution in [2.45, 2.75) is 51.9 Å². The Kier molecular flexibility index (Phi) is 6.67. The van der Waals surface area contributed by atoms with Crippen LogP contribution >= 0.6 is 0 Å². The van der Waals surface area contributed by atoms with Crippen LogP contribution in [-0.2, 0) is 16.1 Å². The topological polar surface area (TPSA) is 79.3 Å². The van der Waals surface area contributed by atoms with Crippen LogP contribution in [0, 0.1) is 11.8 Å². The summed E-state index contributed by atoms with van der Waals surface area (Å²) in [6, 6.07) is 9.46. The van der Waals surface area contributed by atoms with Gasteiger partial charge >= 0.3 is 12.2 Å². The minimum Gasteiger partial charge on any atom is -0.445 e. The molecule has 2 saturated heterocycles. The van der Waals surface area contributed by atoms with E-state index in [1.807, 2.05) is 51.1 Å². The van der Waals surface area contributed by atoms with Gasteiger partial charge in [-0.2, -0.15) is 0 Å². The molecule has 1 N–H and O–H groups in total. The number of aliphatic hydroxyl groups excluding tert-OH is 1. The molecule has 3 atom stereocenters. The van der Waals surface area contributed by atoms with E-state index in [4.69, 9.17) is 9.47 Å². The summed E-state index contributed by atoms with van der Waals surface area (Å²) >= 11 is 0. The smallest absolute Gasteiger partial charge is 0.410 e. The molecule has 2 fully saturated rings. The molecule has 29 heavy (non-hydrogen) atoms. The van der Waals surface area contributed by atoms with E-state index in [0.717, 1.165) is 12.0 Å². The fourth-order valence-corrected chi connectivity index (χ4v) is 4.33. The summed E-state index contributed by atoms with van der Waals surface area (Å²) in [5, 5.41) is 9.43. The quantitative estimate of drug-likeness (QED) is 0.833. The second-order valence-electron chi connectivity index (χ2n) is 8.91. The molecular formula is C22H32N2O5. The van der Waals surface area contributed by atoms with Crippen LogP contribution in [-0.4, -0.2) is 65.0 Å². The molecule has 160 valence electrons. The molecule has 3 rings (SSSR count). The van der Waals surface area contributed by atoms with Crippen LogP contribution in [0.3, 0.4) is 0 Å². The van der Waals surface area contributed by atoms with Gasteiger partial charge in [-0.05, 0) is 51.0 Å². The van der Waals surface area contributed by atoms with E-state index in [1.165, 1.54) is 0 Å². The van der Waals surface area contributed by atoms with Gasteiger partial charge in [0.05, 0.1) is 6.04 Å². The molecular weight excluding hydrogens is 372 g/mol. The van der Waals surface area contributed by atoms with Crippen LogP contribution in [0.15, 0.2) is 30.3 Å². The second kappa shape index (κ2) is 9.03. The molecule has 0 spiro atoms. The first-order chi connectivity index (χ1) is 13.8. The SMILES string of the molecule is CC(C)(C)OC(=O)N1CC(CCO)C2CCN(C(=O)OCc3ccccc3)CC21. The van der Waals surface area contributed by atoms with Gasteiger partial charge in [0.25, 0.3) is 0 Å². The molecule has 0 bridgehead atoms. The summed E-state index contributed by atoms with van der Waals surface area (Å²) in [5.41, 5.74) is 0.361. The Balaban J connectivity index is 1.65. The van der Waals surface area contributed by atoms with Gasteiger partial charge in [0.2, 0.25) is 0 Å². The summed E-state index contributed by atoms with van der Waals surface area (Å²) in [6.45, 7) is 7.44. The summed E-state index contributed by atoms with van der Waals surface area (Å²) in [5.74, 6) is 0.479. The van der Waals surface area contributed by atoms with Gasteiger partial charge < -0.3 is 24.4 Å². The number of amides is 2. The maximum Gasteiger partial charge on any atom is 0.410 e. The number of carbonyl (C=O) groups excluding carboxylic acids is 2. The predicted molar refractivity (Wildman–Crippen MR) is 108 cm³/mol. The molecule has 0 saturated carbocycles. The van der Waals surface area contributed by atoms with Crippen molar-refractivity contribution >= 4 is 12.2 Å². The number of piperidine rings is 1. The lowest BCUT2D eigenvalue weighted by molar-refractivity contribution is 0.0107. The molecule has 0 aliphatic carbocycles. The maximum atomic E-state index is 12.8. The third-order valence-corrected chi connectivity index (χ3v) is 5.66. The Morgan fingerprint density at radius 3 is 2.52 bits per heavy atom. The van der Waals surface area contributed by atoms with E-state index >= 15 is 0 Å². The van der Waals surface area contributed by atoms with Gasteiger partial charge in [0.15, 0.2) is 0 Å². The average Bonchev–Trinajstić information content (AvgIpc) is 3.04. The van der Waals surface area contributed by atoms with Crippen LogP contribution in [0.5, 0.6) is 0 Å². The van der Waals surface area contributed by atoms with E-state index in [9.17, 15) is 14.7 Å². The Labute approximate surface area is 172 Å². The van der Waals surface area contributed by atoms with Crippen LogP contribution in [0.25, 0.3) is 0 Å². The Bertz CT molecular complexity index is 703. The van der Waals surface area contributed by atoms with E-state index in [1.54, 1.807) is 9.80 Å². The zero-order valence-corrected chi connectivity index (χ0v) is 17.5. The normalized spacial score (nSPS) is 24.2. The van der Waals surface area contributed by atoms with Gasteiger partial charge in [-0.25, -0.2) is 9.59 Å². The van der Waals surface area contributed by atoms with Gasteiger partial charge in [-0.1, -0.05) is 30.3 Å². The highest BCUT2D eigenvalue weighted by molar-refractivity contribution is 5.70. The number of carbonyl (C=O) groups is 2. The first-order valence-corrected chi connectivity index (χ1v) is 10.3. The highest BCUT2D eigenvalue weighted by Crippen LogP contribution is 2.38. The zero-order chi connectivity index (χ0) is 21.0. The van der Waals surface area contributed by atoms with Crippen molar-refractivity contribution in [3.63, 3.8) is 0 Å². The highest BCUT2D eigenvalue weighted by atomic mass is 16.6. The van der Waals surface area contributed by atoms with E-state index in [-0.39, 0.29) is 43.3 Å². The molecule has 7 nitrogen and oxygen atoms in total. The van der Waals surface area contributed by atoms with Crippen molar-refractivity contribution in [2.24, 2.45) is 11.8 Å². The minimum absolute atomic E-state index is 0.0961. The molecule has 2 aliphatic rings. The van der Waals surface area contributed by atoms with Crippen molar-refractivity contribution in [1.29, 1.82) is 0 Å². The van der Waals surface area contributed by atoms with Crippen molar-refractivity contribution in [3.8, 4) is 0 Å². The number of hydrogen-bond donors (Lipinski definition) is 1. The van der Waals surface area contributed by atoms with Gasteiger partial charge in [-0.15, -0.1) is 0 Å². The molecule has 2 amide bonds. The Morgan fingerprint density at radius 1 is 1.14 bits per heavy atom. The summed E-state index contributed by atoms with van der Waals surface area (Å²) in [4.78, 5) is 28.8. The van der Waals surface area contributed by atoms with E-state index in [0.29, 0.717) is 26.1 Å². The molecule has 1 aromatic rings. The summed E-state index contributed by atoms with van der Waals surface area (Å²) in [6.07, 6.45) is 0.725. The summed E-state index contributed by atoms with van der Waals surface area (Å²) in [7, 11) is 0. The van der Waals surface area contributed by atoms with Crippen LogP contribution in [0.1, 0.15) is 39.2 Å². The summed E-state index contributed by atoms with van der Waals surface area (Å²) < 4.78 is 11.1. The standard InChI is InChI=1S/C22H32N2O5/c1-22(2,3)29-21(27)24-13-17(10-12-25)18-9-11-23(14-19(18)24)20(26)28-15-16-7-5-4-6-8-16/h4-8,17-19,25H,9-15H2,1-3H3. The van der Waals surface area contributed by atoms with Gasteiger partial charge in [-0.3, -0.25) is 0 Å². The lowest BCUT2D eigenvalue weighted by Crippen LogP contribution is -2.52. The zero-order valence-electron chi connectivity index (χ0n) is 17.5. The van der Waals surface area contributed by atoms with Crippen LogP contribution in [0.4, 0.5) is 9.59 Å². The third kappa shape index (κ3) is 5.41. The maximum absolute atomic E-state index is 12.8. The lowest BCUT2D eigenvalue weighted by Gasteiger charge is -2.38. The number of likely N-dealkylation sites (tertiary alicyclic amines) is 2. The number of fused-ring (bicyclic) bond motifs is 1. The van der Waals surface area contributed by atoms with Crippen LogP contribution in [0.2, 0.25) is 0 Å². The third-order valence-electron chi connectivity index (χ3n) is 5.66. The Hall–Kier alpha value is -2.28. The fourth-order valence-electron chi connectivity index (χ4n) is 4.33. The van der Waals surface area contributed by atoms with Gasteiger partial charge in [0.1, 0.15) is 12.2 Å². The molecule has 2 heterocycles. The first kappa shape index (κ1) is 21.4.